The predicted octanol–water partition coefficient (Wildman–Crippen LogP) is 1.49. The number of imidazole rings is 1. The van der Waals surface area contributed by atoms with Gasteiger partial charge in [0.25, 0.3) is 0 Å². The fourth-order valence-corrected chi connectivity index (χ4v) is 2.85. The third kappa shape index (κ3) is 1.95. The number of amides is 1. The van der Waals surface area contributed by atoms with Crippen molar-refractivity contribution in [3.05, 3.63) is 18.7 Å². The summed E-state index contributed by atoms with van der Waals surface area (Å²) in [6.45, 7) is 1.35. The van der Waals surface area contributed by atoms with Crippen molar-refractivity contribution in [1.29, 1.82) is 0 Å². The lowest BCUT2D eigenvalue weighted by atomic mass is 9.90. The molecule has 0 bridgehead atoms. The van der Waals surface area contributed by atoms with E-state index in [9.17, 15) is 4.79 Å². The van der Waals surface area contributed by atoms with Crippen LogP contribution < -0.4 is 0 Å². The molecular weight excluding hydrogens is 218 g/mol. The minimum absolute atomic E-state index is 0.0303. The van der Waals surface area contributed by atoms with E-state index < -0.39 is 0 Å². The summed E-state index contributed by atoms with van der Waals surface area (Å²) in [6.07, 6.45) is 9.70. The number of carbonyl (C=O) groups excluding carboxylic acids is 1. The first-order valence-electron chi connectivity index (χ1n) is 6.27. The van der Waals surface area contributed by atoms with Crippen LogP contribution >= 0.6 is 0 Å². The molecule has 5 heteroatoms. The topological polar surface area (TPSA) is 47.4 Å². The van der Waals surface area contributed by atoms with E-state index in [0.717, 1.165) is 12.8 Å². The Balaban J connectivity index is 1.79. The highest BCUT2D eigenvalue weighted by Gasteiger charge is 2.36. The number of hydrogen-bond donors (Lipinski definition) is 0. The van der Waals surface area contributed by atoms with Crippen LogP contribution in [0.4, 0.5) is 4.79 Å². The Kier molecular flexibility index (Phi) is 2.84. The van der Waals surface area contributed by atoms with Crippen LogP contribution in [-0.4, -0.2) is 45.8 Å². The van der Waals surface area contributed by atoms with Gasteiger partial charge in [-0.1, -0.05) is 12.8 Å². The minimum Gasteiger partial charge on any atom is -0.374 e. The lowest BCUT2D eigenvalue weighted by Gasteiger charge is -2.43. The number of nitrogens with zero attached hydrogens (tertiary/aromatic N) is 3. The van der Waals surface area contributed by atoms with Gasteiger partial charge in [-0.3, -0.25) is 4.57 Å². The Bertz CT molecular complexity index is 388. The van der Waals surface area contributed by atoms with Crippen molar-refractivity contribution in [2.24, 2.45) is 0 Å². The fourth-order valence-electron chi connectivity index (χ4n) is 2.85. The second-order valence-electron chi connectivity index (χ2n) is 4.71. The molecule has 1 aromatic rings. The maximum Gasteiger partial charge on any atom is 0.329 e. The molecule has 0 aromatic carbocycles. The first-order valence-corrected chi connectivity index (χ1v) is 6.27. The zero-order valence-electron chi connectivity index (χ0n) is 9.79. The maximum atomic E-state index is 12.3. The van der Waals surface area contributed by atoms with Crippen LogP contribution in [0.3, 0.4) is 0 Å². The van der Waals surface area contributed by atoms with E-state index in [1.54, 1.807) is 23.3 Å². The molecule has 1 saturated carbocycles. The highest BCUT2D eigenvalue weighted by Crippen LogP contribution is 2.28. The highest BCUT2D eigenvalue weighted by molar-refractivity contribution is 5.77. The SMILES string of the molecule is O=C(N1CCOC2CCCCC21)n1ccnc1. The van der Waals surface area contributed by atoms with E-state index in [2.05, 4.69) is 4.98 Å². The predicted molar refractivity (Wildman–Crippen MR) is 61.7 cm³/mol. The van der Waals surface area contributed by atoms with Gasteiger partial charge in [0.2, 0.25) is 0 Å². The molecule has 2 atom stereocenters. The zero-order valence-corrected chi connectivity index (χ0v) is 9.79. The molecule has 2 heterocycles. The minimum atomic E-state index is 0.0303. The smallest absolute Gasteiger partial charge is 0.329 e. The van der Waals surface area contributed by atoms with Crippen LogP contribution in [0.1, 0.15) is 25.7 Å². The van der Waals surface area contributed by atoms with Gasteiger partial charge in [0.15, 0.2) is 0 Å². The Morgan fingerprint density at radius 2 is 2.24 bits per heavy atom. The van der Waals surface area contributed by atoms with Crippen LogP contribution in [-0.2, 0) is 4.74 Å². The Labute approximate surface area is 100 Å². The van der Waals surface area contributed by atoms with Crippen molar-refractivity contribution < 1.29 is 9.53 Å². The lowest BCUT2D eigenvalue weighted by Crippen LogP contribution is -2.55. The Morgan fingerprint density at radius 1 is 1.35 bits per heavy atom. The van der Waals surface area contributed by atoms with E-state index >= 15 is 0 Å². The molecule has 2 unspecified atom stereocenters. The molecular formula is C12H17N3O2. The number of fused-ring (bicyclic) bond motifs is 1. The molecule has 2 aliphatic rings. The number of ether oxygens (including phenoxy) is 1. The first-order chi connectivity index (χ1) is 8.36. The zero-order chi connectivity index (χ0) is 11.7. The van der Waals surface area contributed by atoms with Crippen molar-refractivity contribution in [2.75, 3.05) is 13.2 Å². The molecule has 2 fully saturated rings. The average Bonchev–Trinajstić information content (AvgIpc) is 2.91. The molecule has 3 rings (SSSR count). The van der Waals surface area contributed by atoms with Crippen molar-refractivity contribution in [3.63, 3.8) is 0 Å². The Hall–Kier alpha value is -1.36. The summed E-state index contributed by atoms with van der Waals surface area (Å²) in [6, 6.07) is 0.287. The summed E-state index contributed by atoms with van der Waals surface area (Å²) in [4.78, 5) is 18.2. The summed E-state index contributed by atoms with van der Waals surface area (Å²) >= 11 is 0. The van der Waals surface area contributed by atoms with Gasteiger partial charge in [0.05, 0.1) is 18.8 Å². The van der Waals surface area contributed by atoms with Crippen LogP contribution in [0, 0.1) is 0 Å². The van der Waals surface area contributed by atoms with Gasteiger partial charge in [-0.25, -0.2) is 9.78 Å². The van der Waals surface area contributed by atoms with Crippen LogP contribution in [0.25, 0.3) is 0 Å². The standard InChI is InChI=1S/C12H17N3O2/c16-12(14-6-5-13-9-14)15-7-8-17-11-4-2-1-3-10(11)15/h5-6,9-11H,1-4,7-8H2. The third-order valence-corrected chi connectivity index (χ3v) is 3.70. The fraction of sp³-hybridized carbons (Fsp3) is 0.667. The van der Waals surface area contributed by atoms with E-state index in [4.69, 9.17) is 4.74 Å². The number of morpholine rings is 1. The molecule has 92 valence electrons. The normalized spacial score (nSPS) is 28.8. The van der Waals surface area contributed by atoms with Crippen molar-refractivity contribution in [2.45, 2.75) is 37.8 Å². The second-order valence-corrected chi connectivity index (χ2v) is 4.71. The molecule has 17 heavy (non-hydrogen) atoms. The summed E-state index contributed by atoms with van der Waals surface area (Å²) in [5.74, 6) is 0. The average molecular weight is 235 g/mol. The maximum absolute atomic E-state index is 12.3. The van der Waals surface area contributed by atoms with E-state index in [0.29, 0.717) is 13.2 Å². The monoisotopic (exact) mass is 235 g/mol. The van der Waals surface area contributed by atoms with E-state index in [-0.39, 0.29) is 18.2 Å². The largest absolute Gasteiger partial charge is 0.374 e. The summed E-state index contributed by atoms with van der Waals surface area (Å²) in [7, 11) is 0. The van der Waals surface area contributed by atoms with Gasteiger partial charge < -0.3 is 9.64 Å². The van der Waals surface area contributed by atoms with Gasteiger partial charge >= 0.3 is 6.03 Å². The highest BCUT2D eigenvalue weighted by atomic mass is 16.5. The molecule has 1 aliphatic heterocycles. The summed E-state index contributed by atoms with van der Waals surface area (Å²) in [5.41, 5.74) is 0. The van der Waals surface area contributed by atoms with Crippen molar-refractivity contribution in [3.8, 4) is 0 Å². The van der Waals surface area contributed by atoms with Crippen LogP contribution in [0.15, 0.2) is 18.7 Å². The number of rotatable bonds is 0. The molecule has 0 radical (unpaired) electrons. The van der Waals surface area contributed by atoms with Crippen molar-refractivity contribution in [1.82, 2.24) is 14.5 Å². The molecule has 1 amide bonds. The van der Waals surface area contributed by atoms with E-state index in [1.807, 2.05) is 4.90 Å². The molecule has 5 nitrogen and oxygen atoms in total. The number of carbonyl (C=O) groups is 1. The number of hydrogen-bond acceptors (Lipinski definition) is 3. The second kappa shape index (κ2) is 4.49. The lowest BCUT2D eigenvalue weighted by molar-refractivity contribution is -0.0710. The van der Waals surface area contributed by atoms with Crippen molar-refractivity contribution >= 4 is 6.03 Å². The molecule has 1 aromatic heterocycles. The molecule has 0 N–H and O–H groups in total. The number of aromatic nitrogens is 2. The molecule has 0 spiro atoms. The third-order valence-electron chi connectivity index (χ3n) is 3.70. The van der Waals surface area contributed by atoms with Gasteiger partial charge in [0.1, 0.15) is 6.33 Å². The Morgan fingerprint density at radius 3 is 3.06 bits per heavy atom. The van der Waals surface area contributed by atoms with Gasteiger partial charge in [-0.2, -0.15) is 0 Å². The van der Waals surface area contributed by atoms with Crippen LogP contribution in [0.2, 0.25) is 0 Å². The van der Waals surface area contributed by atoms with Crippen LogP contribution in [0.5, 0.6) is 0 Å². The van der Waals surface area contributed by atoms with E-state index in [1.165, 1.54) is 12.8 Å². The quantitative estimate of drug-likeness (QED) is 0.684. The molecule has 1 saturated heterocycles. The van der Waals surface area contributed by atoms with Gasteiger partial charge in [0, 0.05) is 18.9 Å². The summed E-state index contributed by atoms with van der Waals surface area (Å²) < 4.78 is 7.31. The molecule has 1 aliphatic carbocycles. The van der Waals surface area contributed by atoms with Gasteiger partial charge in [-0.05, 0) is 12.8 Å². The first kappa shape index (κ1) is 10.8. The van der Waals surface area contributed by atoms with Gasteiger partial charge in [-0.15, -0.1) is 0 Å². The summed E-state index contributed by atoms with van der Waals surface area (Å²) in [5, 5.41) is 0.